The summed E-state index contributed by atoms with van der Waals surface area (Å²) in [6, 6.07) is 31.8. The summed E-state index contributed by atoms with van der Waals surface area (Å²) in [6.07, 6.45) is -3.58. The molecule has 4 aromatic carbocycles. The highest BCUT2D eigenvalue weighted by atomic mass is 19.4. The number of fused-ring (bicyclic) bond motifs is 6. The number of H-pyrrole nitrogens is 1. The summed E-state index contributed by atoms with van der Waals surface area (Å²) in [6.45, 7) is 0.695. The molecule has 3 heterocycles. The monoisotopic (exact) mass is 505 g/mol. The van der Waals surface area contributed by atoms with E-state index in [0.717, 1.165) is 73.9 Å². The quantitative estimate of drug-likeness (QED) is 0.255. The standard InChI is InChI=1S/C32H22F3N3/c33-32(34,35)22-16-14-21(15-17-22)27-28-23-10-4-6-12-25(23)36-30(28)38(19-18-20-8-2-1-3-9-20)31-29(27)24-11-5-7-13-26(24)37-31/h1-17,36H,18-19H2. The number of aryl methyl sites for hydroxylation is 2. The highest BCUT2D eigenvalue weighted by Crippen LogP contribution is 2.47. The Morgan fingerprint density at radius 1 is 0.711 bits per heavy atom. The lowest BCUT2D eigenvalue weighted by Crippen LogP contribution is -2.09. The van der Waals surface area contributed by atoms with E-state index in [4.69, 9.17) is 4.98 Å². The van der Waals surface area contributed by atoms with Crippen LogP contribution in [0.1, 0.15) is 11.1 Å². The molecule has 0 fully saturated rings. The van der Waals surface area contributed by atoms with Crippen LogP contribution in [0.2, 0.25) is 0 Å². The SMILES string of the molecule is FC(F)(F)c1ccc(-c2c3c4ccccc4nc-3n(CCc3ccccc3)c3[nH]c4ccccc4c23)cc1. The summed E-state index contributed by atoms with van der Waals surface area (Å²) in [7, 11) is 0. The van der Waals surface area contributed by atoms with Gasteiger partial charge in [0, 0.05) is 39.3 Å². The van der Waals surface area contributed by atoms with Crippen LogP contribution in [0.15, 0.2) is 103 Å². The van der Waals surface area contributed by atoms with Gasteiger partial charge in [-0.2, -0.15) is 13.2 Å². The second-order valence-corrected chi connectivity index (χ2v) is 9.56. The lowest BCUT2D eigenvalue weighted by atomic mass is 9.92. The summed E-state index contributed by atoms with van der Waals surface area (Å²) >= 11 is 0. The van der Waals surface area contributed by atoms with Crippen molar-refractivity contribution in [3.05, 3.63) is 114 Å². The smallest absolute Gasteiger partial charge is 0.341 e. The van der Waals surface area contributed by atoms with Crippen LogP contribution in [0.3, 0.4) is 0 Å². The first-order valence-electron chi connectivity index (χ1n) is 12.5. The molecule has 0 amide bonds. The number of para-hydroxylation sites is 2. The van der Waals surface area contributed by atoms with Gasteiger partial charge >= 0.3 is 6.18 Å². The lowest BCUT2D eigenvalue weighted by molar-refractivity contribution is -0.137. The average molecular weight is 506 g/mol. The zero-order valence-corrected chi connectivity index (χ0v) is 20.3. The molecular weight excluding hydrogens is 483 g/mol. The van der Waals surface area contributed by atoms with E-state index in [1.54, 1.807) is 12.1 Å². The number of halogens is 3. The van der Waals surface area contributed by atoms with E-state index >= 15 is 0 Å². The Hall–Kier alpha value is -4.58. The van der Waals surface area contributed by atoms with E-state index in [1.807, 2.05) is 60.7 Å². The Morgan fingerprint density at radius 3 is 2.16 bits per heavy atom. The zero-order valence-electron chi connectivity index (χ0n) is 20.3. The molecule has 2 aliphatic heterocycles. The second kappa shape index (κ2) is 8.48. The van der Waals surface area contributed by atoms with Gasteiger partial charge in [-0.25, -0.2) is 4.98 Å². The van der Waals surface area contributed by atoms with E-state index in [1.165, 1.54) is 5.56 Å². The lowest BCUT2D eigenvalue weighted by Gasteiger charge is -2.19. The summed E-state index contributed by atoms with van der Waals surface area (Å²) in [5.74, 6) is 0.816. The number of hydrogen-bond donors (Lipinski definition) is 1. The van der Waals surface area contributed by atoms with Gasteiger partial charge in [-0.15, -0.1) is 0 Å². The number of alkyl halides is 3. The van der Waals surface area contributed by atoms with Crippen molar-refractivity contribution in [2.24, 2.45) is 0 Å². The maximum Gasteiger partial charge on any atom is 0.416 e. The van der Waals surface area contributed by atoms with Crippen molar-refractivity contribution in [2.75, 3.05) is 0 Å². The van der Waals surface area contributed by atoms with Gasteiger partial charge in [0.2, 0.25) is 0 Å². The molecule has 3 nitrogen and oxygen atoms in total. The van der Waals surface area contributed by atoms with E-state index in [9.17, 15) is 13.2 Å². The Kier molecular flexibility index (Phi) is 5.05. The van der Waals surface area contributed by atoms with Gasteiger partial charge in [-0.05, 0) is 41.8 Å². The van der Waals surface area contributed by atoms with Gasteiger partial charge in [0.1, 0.15) is 11.5 Å². The topological polar surface area (TPSA) is 33.6 Å². The molecule has 6 heteroatoms. The molecule has 0 saturated heterocycles. The zero-order chi connectivity index (χ0) is 25.9. The fraction of sp³-hybridized carbons (Fsp3) is 0.0938. The molecule has 0 aliphatic carbocycles. The number of aromatic amines is 1. The van der Waals surface area contributed by atoms with Gasteiger partial charge in [0.05, 0.1) is 11.1 Å². The van der Waals surface area contributed by atoms with E-state index in [2.05, 4.69) is 27.8 Å². The van der Waals surface area contributed by atoms with Crippen LogP contribution >= 0.6 is 0 Å². The van der Waals surface area contributed by atoms with Crippen LogP contribution in [-0.2, 0) is 19.1 Å². The van der Waals surface area contributed by atoms with Gasteiger partial charge in [0.25, 0.3) is 0 Å². The molecule has 0 saturated carbocycles. The number of pyridine rings is 1. The molecule has 7 rings (SSSR count). The van der Waals surface area contributed by atoms with Gasteiger partial charge < -0.3 is 9.55 Å². The Bertz CT molecular complexity index is 1890. The molecule has 0 spiro atoms. The van der Waals surface area contributed by atoms with Crippen LogP contribution in [0.25, 0.3) is 55.4 Å². The third-order valence-electron chi connectivity index (χ3n) is 7.30. The van der Waals surface area contributed by atoms with Crippen molar-refractivity contribution < 1.29 is 13.2 Å². The minimum Gasteiger partial charge on any atom is -0.341 e. The van der Waals surface area contributed by atoms with Crippen molar-refractivity contribution >= 4 is 32.8 Å². The normalized spacial score (nSPS) is 12.3. The number of benzene rings is 4. The van der Waals surface area contributed by atoms with Gasteiger partial charge in [-0.3, -0.25) is 0 Å². The van der Waals surface area contributed by atoms with Crippen LogP contribution in [0.4, 0.5) is 13.2 Å². The van der Waals surface area contributed by atoms with E-state index in [0.29, 0.717) is 6.54 Å². The van der Waals surface area contributed by atoms with Crippen molar-refractivity contribution in [2.45, 2.75) is 19.1 Å². The van der Waals surface area contributed by atoms with Crippen molar-refractivity contribution in [3.63, 3.8) is 0 Å². The molecule has 5 aromatic rings. The van der Waals surface area contributed by atoms with Crippen LogP contribution in [0, 0.1) is 0 Å². The van der Waals surface area contributed by atoms with E-state index < -0.39 is 11.7 Å². The molecule has 0 bridgehead atoms. The number of nitrogens with zero attached hydrogens (tertiary/aromatic N) is 2. The Labute approximate surface area is 216 Å². The fourth-order valence-corrected chi connectivity index (χ4v) is 5.55. The molecule has 186 valence electrons. The first-order valence-corrected chi connectivity index (χ1v) is 12.5. The fourth-order valence-electron chi connectivity index (χ4n) is 5.55. The van der Waals surface area contributed by atoms with Crippen LogP contribution < -0.4 is 0 Å². The average Bonchev–Trinajstić information content (AvgIpc) is 3.50. The first kappa shape index (κ1) is 22.6. The molecule has 38 heavy (non-hydrogen) atoms. The Morgan fingerprint density at radius 2 is 1.39 bits per heavy atom. The predicted octanol–water partition coefficient (Wildman–Crippen LogP) is 8.70. The maximum absolute atomic E-state index is 13.4. The first-order chi connectivity index (χ1) is 18.5. The Balaban J connectivity index is 1.58. The summed E-state index contributed by atoms with van der Waals surface area (Å²) < 4.78 is 42.4. The van der Waals surface area contributed by atoms with Crippen molar-refractivity contribution in [3.8, 4) is 22.5 Å². The number of nitrogens with one attached hydrogen (secondary N) is 1. The van der Waals surface area contributed by atoms with Gasteiger partial charge in [-0.1, -0.05) is 78.9 Å². The molecule has 0 radical (unpaired) electrons. The molecule has 1 aromatic heterocycles. The van der Waals surface area contributed by atoms with Gasteiger partial charge in [0.15, 0.2) is 0 Å². The maximum atomic E-state index is 13.4. The summed E-state index contributed by atoms with van der Waals surface area (Å²) in [4.78, 5) is 8.66. The number of aromatic nitrogens is 3. The van der Waals surface area contributed by atoms with Crippen LogP contribution in [0.5, 0.6) is 0 Å². The minimum absolute atomic E-state index is 0.660. The highest BCUT2D eigenvalue weighted by Gasteiger charge is 2.31. The summed E-state index contributed by atoms with van der Waals surface area (Å²) in [5.41, 5.74) is 5.88. The molecule has 1 N–H and O–H groups in total. The molecular formula is C32H22F3N3. The highest BCUT2D eigenvalue weighted by molar-refractivity contribution is 6.20. The second-order valence-electron chi connectivity index (χ2n) is 9.56. The van der Waals surface area contributed by atoms with Crippen molar-refractivity contribution in [1.82, 2.24) is 14.5 Å². The molecule has 0 unspecified atom stereocenters. The number of hydrogen-bond acceptors (Lipinski definition) is 1. The largest absolute Gasteiger partial charge is 0.416 e. The molecule has 2 aliphatic rings. The third-order valence-corrected chi connectivity index (χ3v) is 7.30. The van der Waals surface area contributed by atoms with Crippen LogP contribution in [-0.4, -0.2) is 14.5 Å². The third kappa shape index (κ3) is 3.56. The summed E-state index contributed by atoms with van der Waals surface area (Å²) in [5, 5.41) is 3.00. The van der Waals surface area contributed by atoms with E-state index in [-0.39, 0.29) is 0 Å². The number of rotatable bonds is 4. The molecule has 0 atom stereocenters. The van der Waals surface area contributed by atoms with Crippen molar-refractivity contribution in [1.29, 1.82) is 0 Å². The predicted molar refractivity (Wildman–Crippen MR) is 146 cm³/mol. The minimum atomic E-state index is -4.39.